The Hall–Kier alpha value is -1.51. The molecule has 1 aromatic heterocycles. The third-order valence-corrected chi connectivity index (χ3v) is 4.11. The summed E-state index contributed by atoms with van der Waals surface area (Å²) in [6, 6.07) is 5.42. The zero-order chi connectivity index (χ0) is 17.7. The Kier molecular flexibility index (Phi) is 6.31. The van der Waals surface area contributed by atoms with Crippen LogP contribution in [0.25, 0.3) is 0 Å². The second kappa shape index (κ2) is 8.04. The second-order valence-electron chi connectivity index (χ2n) is 4.49. The number of benzene rings is 1. The minimum absolute atomic E-state index is 0.0431. The Morgan fingerprint density at radius 3 is 2.71 bits per heavy atom. The third kappa shape index (κ3) is 5.54. The molecule has 0 bridgehead atoms. The van der Waals surface area contributed by atoms with E-state index < -0.39 is 11.9 Å². The Balaban J connectivity index is 1.88. The molecule has 0 aliphatic carbocycles. The SMILES string of the molecule is O=C(CCSc1nccc(C(F)(F)F)n1)Nc1cc(Cl)ccc1Cl. The fraction of sp³-hybridized carbons (Fsp3) is 0.214. The van der Waals surface area contributed by atoms with Crippen LogP contribution in [0, 0.1) is 0 Å². The Morgan fingerprint density at radius 2 is 2.00 bits per heavy atom. The zero-order valence-electron chi connectivity index (χ0n) is 11.9. The molecule has 0 fully saturated rings. The predicted octanol–water partition coefficient (Wildman–Crippen LogP) is 4.92. The van der Waals surface area contributed by atoms with E-state index in [1.165, 1.54) is 6.07 Å². The van der Waals surface area contributed by atoms with Crippen LogP contribution in [0.15, 0.2) is 35.6 Å². The van der Waals surface area contributed by atoms with Crippen molar-refractivity contribution < 1.29 is 18.0 Å². The molecule has 1 amide bonds. The third-order valence-electron chi connectivity index (χ3n) is 2.69. The predicted molar refractivity (Wildman–Crippen MR) is 87.5 cm³/mol. The molecule has 4 nitrogen and oxygen atoms in total. The summed E-state index contributed by atoms with van der Waals surface area (Å²) in [4.78, 5) is 19.0. The van der Waals surface area contributed by atoms with Crippen molar-refractivity contribution in [3.8, 4) is 0 Å². The minimum atomic E-state index is -4.53. The van der Waals surface area contributed by atoms with Crippen LogP contribution in [0.3, 0.4) is 0 Å². The molecule has 0 saturated heterocycles. The molecule has 0 unspecified atom stereocenters. The molecule has 10 heteroatoms. The average Bonchev–Trinajstić information content (AvgIpc) is 2.50. The van der Waals surface area contributed by atoms with Crippen molar-refractivity contribution in [3.05, 3.63) is 46.2 Å². The number of aromatic nitrogens is 2. The summed E-state index contributed by atoms with van der Waals surface area (Å²) >= 11 is 12.7. The fourth-order valence-corrected chi connectivity index (χ4v) is 2.71. The zero-order valence-corrected chi connectivity index (χ0v) is 14.2. The number of hydrogen-bond donors (Lipinski definition) is 1. The van der Waals surface area contributed by atoms with Crippen molar-refractivity contribution in [1.29, 1.82) is 0 Å². The lowest BCUT2D eigenvalue weighted by Crippen LogP contribution is -2.13. The van der Waals surface area contributed by atoms with Gasteiger partial charge in [-0.25, -0.2) is 9.97 Å². The summed E-state index contributed by atoms with van der Waals surface area (Å²) in [6.45, 7) is 0. The van der Waals surface area contributed by atoms with Gasteiger partial charge < -0.3 is 5.32 Å². The first-order valence-electron chi connectivity index (χ1n) is 6.53. The number of carbonyl (C=O) groups is 1. The van der Waals surface area contributed by atoms with Gasteiger partial charge in [-0.3, -0.25) is 4.79 Å². The molecule has 1 N–H and O–H groups in total. The van der Waals surface area contributed by atoms with Gasteiger partial charge in [0.1, 0.15) is 5.69 Å². The largest absolute Gasteiger partial charge is 0.433 e. The van der Waals surface area contributed by atoms with Crippen LogP contribution in [0.1, 0.15) is 12.1 Å². The molecule has 0 saturated carbocycles. The number of halogens is 5. The van der Waals surface area contributed by atoms with Crippen LogP contribution in [-0.4, -0.2) is 21.6 Å². The number of amides is 1. The minimum Gasteiger partial charge on any atom is -0.325 e. The summed E-state index contributed by atoms with van der Waals surface area (Å²) in [5, 5.41) is 3.29. The summed E-state index contributed by atoms with van der Waals surface area (Å²) in [5.74, 6) is -0.135. The standard InChI is InChI=1S/C14H10Cl2F3N3OS/c15-8-1-2-9(16)10(7-8)21-12(23)4-6-24-13-20-5-3-11(22-13)14(17,18)19/h1-3,5,7H,4,6H2,(H,21,23). The fourth-order valence-electron chi connectivity index (χ4n) is 1.61. The molecule has 1 heterocycles. The van der Waals surface area contributed by atoms with E-state index in [4.69, 9.17) is 23.2 Å². The first-order chi connectivity index (χ1) is 11.3. The molecular formula is C14H10Cl2F3N3OS. The number of nitrogens with zero attached hydrogens (tertiary/aromatic N) is 2. The summed E-state index contributed by atoms with van der Waals surface area (Å²) in [7, 11) is 0. The van der Waals surface area contributed by atoms with Gasteiger partial charge in [0.05, 0.1) is 10.7 Å². The van der Waals surface area contributed by atoms with E-state index in [0.29, 0.717) is 15.7 Å². The first-order valence-corrected chi connectivity index (χ1v) is 8.28. The lowest BCUT2D eigenvalue weighted by Gasteiger charge is -2.08. The average molecular weight is 396 g/mol. The first kappa shape index (κ1) is 18.8. The van der Waals surface area contributed by atoms with Gasteiger partial charge in [0.2, 0.25) is 5.91 Å². The van der Waals surface area contributed by atoms with Gasteiger partial charge in [-0.05, 0) is 24.3 Å². The highest BCUT2D eigenvalue weighted by atomic mass is 35.5. The second-order valence-corrected chi connectivity index (χ2v) is 6.40. The van der Waals surface area contributed by atoms with Gasteiger partial charge in [-0.15, -0.1) is 0 Å². The number of alkyl halides is 3. The monoisotopic (exact) mass is 395 g/mol. The summed E-state index contributed by atoms with van der Waals surface area (Å²) < 4.78 is 37.6. The van der Waals surface area contributed by atoms with E-state index in [9.17, 15) is 18.0 Å². The maximum atomic E-state index is 12.5. The molecular weight excluding hydrogens is 386 g/mol. The molecule has 0 spiro atoms. The highest BCUT2D eigenvalue weighted by molar-refractivity contribution is 7.99. The quantitative estimate of drug-likeness (QED) is 0.576. The number of carbonyl (C=O) groups excluding carboxylic acids is 1. The van der Waals surface area contributed by atoms with Crippen molar-refractivity contribution in [1.82, 2.24) is 9.97 Å². The van der Waals surface area contributed by atoms with E-state index in [2.05, 4.69) is 15.3 Å². The Morgan fingerprint density at radius 1 is 1.25 bits per heavy atom. The summed E-state index contributed by atoms with van der Waals surface area (Å²) in [6.07, 6.45) is -3.45. The van der Waals surface area contributed by atoms with Crippen molar-refractivity contribution in [2.24, 2.45) is 0 Å². The van der Waals surface area contributed by atoms with Crippen LogP contribution >= 0.6 is 35.0 Å². The van der Waals surface area contributed by atoms with Crippen LogP contribution in [0.4, 0.5) is 18.9 Å². The van der Waals surface area contributed by atoms with Crippen molar-refractivity contribution in [3.63, 3.8) is 0 Å². The van der Waals surface area contributed by atoms with Gasteiger partial charge in [-0.2, -0.15) is 13.2 Å². The lowest BCUT2D eigenvalue weighted by molar-refractivity contribution is -0.141. The Labute approximate surface area is 149 Å². The number of rotatable bonds is 5. The van der Waals surface area contributed by atoms with Crippen LogP contribution in [0.5, 0.6) is 0 Å². The van der Waals surface area contributed by atoms with Gasteiger partial charge in [0.15, 0.2) is 5.16 Å². The van der Waals surface area contributed by atoms with Gasteiger partial charge >= 0.3 is 6.18 Å². The lowest BCUT2D eigenvalue weighted by atomic mass is 10.3. The maximum Gasteiger partial charge on any atom is 0.433 e. The molecule has 0 aliphatic heterocycles. The normalized spacial score (nSPS) is 11.4. The van der Waals surface area contributed by atoms with E-state index >= 15 is 0 Å². The van der Waals surface area contributed by atoms with E-state index in [0.717, 1.165) is 24.0 Å². The van der Waals surface area contributed by atoms with Crippen molar-refractivity contribution in [2.45, 2.75) is 17.8 Å². The molecule has 24 heavy (non-hydrogen) atoms. The molecule has 128 valence electrons. The Bertz CT molecular complexity index is 743. The van der Waals surface area contributed by atoms with Crippen LogP contribution in [0.2, 0.25) is 10.0 Å². The van der Waals surface area contributed by atoms with Crippen LogP contribution in [-0.2, 0) is 11.0 Å². The number of thioether (sulfide) groups is 1. The number of hydrogen-bond acceptors (Lipinski definition) is 4. The maximum absolute atomic E-state index is 12.5. The molecule has 0 radical (unpaired) electrons. The van der Waals surface area contributed by atoms with Crippen LogP contribution < -0.4 is 5.32 Å². The highest BCUT2D eigenvalue weighted by Gasteiger charge is 2.32. The summed E-state index contributed by atoms with van der Waals surface area (Å²) in [5.41, 5.74) is -0.648. The van der Waals surface area contributed by atoms with E-state index in [1.54, 1.807) is 12.1 Å². The van der Waals surface area contributed by atoms with E-state index in [1.807, 2.05) is 0 Å². The van der Waals surface area contributed by atoms with E-state index in [-0.39, 0.29) is 23.2 Å². The van der Waals surface area contributed by atoms with Crippen molar-refractivity contribution >= 4 is 46.6 Å². The van der Waals surface area contributed by atoms with Gasteiger partial charge in [0.25, 0.3) is 0 Å². The molecule has 1 aromatic carbocycles. The number of nitrogens with one attached hydrogen (secondary N) is 1. The van der Waals surface area contributed by atoms with Gasteiger partial charge in [-0.1, -0.05) is 35.0 Å². The molecule has 0 aliphatic rings. The van der Waals surface area contributed by atoms with Gasteiger partial charge in [0, 0.05) is 23.4 Å². The molecule has 2 rings (SSSR count). The smallest absolute Gasteiger partial charge is 0.325 e. The topological polar surface area (TPSA) is 54.9 Å². The molecule has 2 aromatic rings. The number of anilines is 1. The molecule has 0 atom stereocenters. The van der Waals surface area contributed by atoms with Crippen molar-refractivity contribution in [2.75, 3.05) is 11.1 Å². The highest BCUT2D eigenvalue weighted by Crippen LogP contribution is 2.29.